The van der Waals surface area contributed by atoms with Crippen molar-refractivity contribution in [1.29, 1.82) is 0 Å². The molecule has 0 aliphatic heterocycles. The Morgan fingerprint density at radius 3 is 1.62 bits per heavy atom. The van der Waals surface area contributed by atoms with Gasteiger partial charge in [-0.15, -0.1) is 4.20 Å². The van der Waals surface area contributed by atoms with Crippen molar-refractivity contribution in [2.75, 3.05) is 0 Å². The lowest BCUT2D eigenvalue weighted by molar-refractivity contribution is 0.0113. The third-order valence-electron chi connectivity index (χ3n) is 4.30. The SMILES string of the molecule is CC1C=CC=CC1(C)OP(=O)(F)OC1(C)C=CC=CC1C. The minimum Gasteiger partial charge on any atom is -0.272 e. The zero-order chi connectivity index (χ0) is 15.7. The summed E-state index contributed by atoms with van der Waals surface area (Å²) in [6.07, 6.45) is 14.4. The molecule has 116 valence electrons. The molecule has 0 aromatic rings. The van der Waals surface area contributed by atoms with E-state index >= 15 is 0 Å². The summed E-state index contributed by atoms with van der Waals surface area (Å²) in [5, 5.41) is 0. The van der Waals surface area contributed by atoms with Gasteiger partial charge in [-0.05, 0) is 13.8 Å². The second-order valence-corrected chi connectivity index (χ2v) is 7.27. The molecule has 2 aliphatic rings. The van der Waals surface area contributed by atoms with Crippen molar-refractivity contribution in [1.82, 2.24) is 0 Å². The fourth-order valence-corrected chi connectivity index (χ4v) is 3.79. The number of halogens is 1. The first-order valence-electron chi connectivity index (χ1n) is 7.10. The second-order valence-electron chi connectivity index (χ2n) is 6.05. The van der Waals surface area contributed by atoms with Crippen molar-refractivity contribution in [3.8, 4) is 0 Å². The summed E-state index contributed by atoms with van der Waals surface area (Å²) < 4.78 is 37.2. The Balaban J connectivity index is 2.14. The van der Waals surface area contributed by atoms with Gasteiger partial charge in [0.05, 0.1) is 0 Å². The fourth-order valence-electron chi connectivity index (χ4n) is 2.36. The van der Waals surface area contributed by atoms with Gasteiger partial charge in [-0.1, -0.05) is 62.5 Å². The summed E-state index contributed by atoms with van der Waals surface area (Å²) in [4.78, 5) is 0. The van der Waals surface area contributed by atoms with Crippen molar-refractivity contribution in [3.05, 3.63) is 48.6 Å². The highest BCUT2D eigenvalue weighted by atomic mass is 31.2. The smallest absolute Gasteiger partial charge is 0.272 e. The molecule has 5 heteroatoms. The topological polar surface area (TPSA) is 35.5 Å². The first kappa shape index (κ1) is 16.4. The lowest BCUT2D eigenvalue weighted by atomic mass is 9.87. The summed E-state index contributed by atoms with van der Waals surface area (Å²) in [7, 11) is -4.71. The van der Waals surface area contributed by atoms with Gasteiger partial charge in [0.15, 0.2) is 0 Å². The standard InChI is InChI=1S/C16H22FO3P/c1-13-9-5-7-11-15(13,3)19-21(17,18)20-16(4)12-8-6-10-14(16)2/h5-14H,1-4H3. The highest BCUT2D eigenvalue weighted by Crippen LogP contribution is 2.59. The van der Waals surface area contributed by atoms with Crippen molar-refractivity contribution < 1.29 is 17.8 Å². The van der Waals surface area contributed by atoms with E-state index in [1.54, 1.807) is 38.2 Å². The normalized spacial score (nSPS) is 41.2. The Labute approximate surface area is 125 Å². The van der Waals surface area contributed by atoms with Crippen LogP contribution in [0.3, 0.4) is 0 Å². The van der Waals surface area contributed by atoms with Crippen molar-refractivity contribution >= 4 is 7.91 Å². The first-order valence-corrected chi connectivity index (χ1v) is 8.53. The number of hydrogen-bond acceptors (Lipinski definition) is 3. The molecule has 0 N–H and O–H groups in total. The maximum Gasteiger partial charge on any atom is 0.514 e. The van der Waals surface area contributed by atoms with Gasteiger partial charge < -0.3 is 0 Å². The van der Waals surface area contributed by atoms with E-state index in [0.29, 0.717) is 0 Å². The van der Waals surface area contributed by atoms with Gasteiger partial charge in [-0.2, -0.15) is 0 Å². The van der Waals surface area contributed by atoms with E-state index in [9.17, 15) is 8.76 Å². The molecule has 0 heterocycles. The molecule has 4 unspecified atom stereocenters. The number of allylic oxidation sites excluding steroid dienone is 4. The molecule has 0 aromatic carbocycles. The zero-order valence-electron chi connectivity index (χ0n) is 12.8. The second kappa shape index (κ2) is 5.68. The average molecular weight is 312 g/mol. The van der Waals surface area contributed by atoms with Gasteiger partial charge in [0.1, 0.15) is 11.2 Å². The van der Waals surface area contributed by atoms with E-state index in [1.165, 1.54) is 0 Å². The molecule has 0 aromatic heterocycles. The maximum absolute atomic E-state index is 14.5. The Bertz CT molecular complexity index is 520. The average Bonchev–Trinajstić information content (AvgIpc) is 2.35. The van der Waals surface area contributed by atoms with Gasteiger partial charge in [0.25, 0.3) is 0 Å². The molecule has 0 bridgehead atoms. The quantitative estimate of drug-likeness (QED) is 0.674. The van der Waals surface area contributed by atoms with Crippen LogP contribution in [0.15, 0.2) is 48.6 Å². The van der Waals surface area contributed by atoms with Gasteiger partial charge in [0.2, 0.25) is 0 Å². The van der Waals surface area contributed by atoms with Crippen LogP contribution in [0, 0.1) is 11.8 Å². The molecule has 2 aliphatic carbocycles. The largest absolute Gasteiger partial charge is 0.514 e. The Kier molecular flexibility index (Phi) is 4.44. The van der Waals surface area contributed by atoms with Crippen LogP contribution >= 0.6 is 7.91 Å². The number of hydrogen-bond donors (Lipinski definition) is 0. The van der Waals surface area contributed by atoms with E-state index in [-0.39, 0.29) is 11.8 Å². The van der Waals surface area contributed by atoms with Gasteiger partial charge >= 0.3 is 7.91 Å². The summed E-state index contributed by atoms with van der Waals surface area (Å²) >= 11 is 0. The Hall–Kier alpha value is -0.960. The van der Waals surface area contributed by atoms with Crippen LogP contribution < -0.4 is 0 Å². The van der Waals surface area contributed by atoms with Crippen LogP contribution in [0.1, 0.15) is 27.7 Å². The van der Waals surface area contributed by atoms with E-state index in [1.807, 2.05) is 38.2 Å². The monoisotopic (exact) mass is 312 g/mol. The van der Waals surface area contributed by atoms with Crippen molar-refractivity contribution in [3.63, 3.8) is 0 Å². The summed E-state index contributed by atoms with van der Waals surface area (Å²) in [6.45, 7) is 7.17. The third kappa shape index (κ3) is 3.63. The first-order chi connectivity index (χ1) is 9.67. The summed E-state index contributed by atoms with van der Waals surface area (Å²) in [6, 6.07) is 0. The van der Waals surface area contributed by atoms with Gasteiger partial charge in [-0.25, -0.2) is 4.57 Å². The summed E-state index contributed by atoms with van der Waals surface area (Å²) in [5.74, 6) is -0.190. The predicted molar refractivity (Wildman–Crippen MR) is 82.6 cm³/mol. The van der Waals surface area contributed by atoms with Crippen LogP contribution in [0.4, 0.5) is 4.20 Å². The van der Waals surface area contributed by atoms with Crippen LogP contribution in [0.25, 0.3) is 0 Å². The lowest BCUT2D eigenvalue weighted by Crippen LogP contribution is -2.37. The summed E-state index contributed by atoms with van der Waals surface area (Å²) in [5.41, 5.74) is -1.96. The maximum atomic E-state index is 14.5. The van der Waals surface area contributed by atoms with E-state index in [4.69, 9.17) is 9.05 Å². The van der Waals surface area contributed by atoms with Crippen molar-refractivity contribution in [2.45, 2.75) is 38.9 Å². The molecule has 3 nitrogen and oxygen atoms in total. The van der Waals surface area contributed by atoms with Crippen LogP contribution in [-0.4, -0.2) is 11.2 Å². The Morgan fingerprint density at radius 1 is 0.905 bits per heavy atom. The molecule has 0 radical (unpaired) electrons. The molecule has 4 atom stereocenters. The molecule has 0 amide bonds. The van der Waals surface area contributed by atoms with Gasteiger partial charge in [0, 0.05) is 11.8 Å². The Morgan fingerprint density at radius 2 is 1.29 bits per heavy atom. The number of rotatable bonds is 4. The third-order valence-corrected chi connectivity index (χ3v) is 5.52. The van der Waals surface area contributed by atoms with Crippen LogP contribution in [-0.2, 0) is 13.6 Å². The molecule has 0 spiro atoms. The van der Waals surface area contributed by atoms with E-state index < -0.39 is 19.1 Å². The predicted octanol–water partition coefficient (Wildman–Crippen LogP) is 5.14. The van der Waals surface area contributed by atoms with Crippen LogP contribution in [0.5, 0.6) is 0 Å². The molecule has 2 rings (SSSR count). The highest BCUT2D eigenvalue weighted by Gasteiger charge is 2.45. The van der Waals surface area contributed by atoms with E-state index in [2.05, 4.69) is 0 Å². The molecular weight excluding hydrogens is 290 g/mol. The lowest BCUT2D eigenvalue weighted by Gasteiger charge is -2.37. The molecule has 0 fully saturated rings. The molecular formula is C16H22FO3P. The van der Waals surface area contributed by atoms with Crippen LogP contribution in [0.2, 0.25) is 0 Å². The fraction of sp³-hybridized carbons (Fsp3) is 0.500. The van der Waals surface area contributed by atoms with E-state index in [0.717, 1.165) is 0 Å². The van der Waals surface area contributed by atoms with Crippen molar-refractivity contribution in [2.24, 2.45) is 11.8 Å². The zero-order valence-corrected chi connectivity index (χ0v) is 13.7. The molecule has 21 heavy (non-hydrogen) atoms. The molecule has 0 saturated heterocycles. The van der Waals surface area contributed by atoms with Gasteiger partial charge in [-0.3, -0.25) is 9.05 Å². The molecule has 0 saturated carbocycles. The minimum atomic E-state index is -4.71. The minimum absolute atomic E-state index is 0.0952. The highest BCUT2D eigenvalue weighted by molar-refractivity contribution is 7.48.